The Bertz CT molecular complexity index is 592. The molecule has 0 amide bonds. The quantitative estimate of drug-likeness (QED) is 0.928. The third kappa shape index (κ3) is 3.58. The van der Waals surface area contributed by atoms with Gasteiger partial charge in [0.2, 0.25) is 0 Å². The van der Waals surface area contributed by atoms with Gasteiger partial charge in [0.05, 0.1) is 18.0 Å². The van der Waals surface area contributed by atoms with Crippen molar-refractivity contribution in [1.29, 1.82) is 0 Å². The fourth-order valence-electron chi connectivity index (χ4n) is 3.22. The molecule has 2 rings (SSSR count). The zero-order chi connectivity index (χ0) is 15.7. The minimum Gasteiger partial charge on any atom is -0.497 e. The number of ether oxygens (including phenoxy) is 1. The molecule has 1 N–H and O–H groups in total. The van der Waals surface area contributed by atoms with Gasteiger partial charge in [-0.05, 0) is 49.8 Å². The molecule has 21 heavy (non-hydrogen) atoms. The molecule has 118 valence electrons. The summed E-state index contributed by atoms with van der Waals surface area (Å²) in [6.45, 7) is 1.77. The molecule has 0 heterocycles. The molecule has 0 bridgehead atoms. The van der Waals surface area contributed by atoms with Crippen LogP contribution in [-0.2, 0) is 15.4 Å². The molecule has 0 saturated heterocycles. The molecular weight excluding hydrogens is 288 g/mol. The Hall–Kier alpha value is -1.07. The highest BCUT2D eigenvalue weighted by atomic mass is 32.2. The van der Waals surface area contributed by atoms with Crippen molar-refractivity contribution in [3.8, 4) is 5.75 Å². The first kappa shape index (κ1) is 16.3. The fraction of sp³-hybridized carbons (Fsp3) is 0.625. The van der Waals surface area contributed by atoms with E-state index in [-0.39, 0.29) is 11.2 Å². The van der Waals surface area contributed by atoms with Crippen LogP contribution in [0.15, 0.2) is 24.3 Å². The van der Waals surface area contributed by atoms with Crippen molar-refractivity contribution in [3.63, 3.8) is 0 Å². The Balaban J connectivity index is 2.25. The van der Waals surface area contributed by atoms with Gasteiger partial charge in [0.1, 0.15) is 15.6 Å². The van der Waals surface area contributed by atoms with Crippen LogP contribution in [0.5, 0.6) is 5.75 Å². The van der Waals surface area contributed by atoms with Gasteiger partial charge in [-0.1, -0.05) is 18.6 Å². The van der Waals surface area contributed by atoms with E-state index >= 15 is 0 Å². The van der Waals surface area contributed by atoms with Gasteiger partial charge in [0.25, 0.3) is 0 Å². The van der Waals surface area contributed by atoms with E-state index in [1.807, 2.05) is 24.3 Å². The topological polar surface area (TPSA) is 63.6 Å². The number of aliphatic hydroxyl groups is 1. The number of benzene rings is 1. The second-order valence-corrected chi connectivity index (χ2v) is 8.52. The van der Waals surface area contributed by atoms with E-state index in [2.05, 4.69) is 0 Å². The van der Waals surface area contributed by atoms with E-state index < -0.39 is 15.4 Å². The van der Waals surface area contributed by atoms with Crippen LogP contribution < -0.4 is 4.74 Å². The van der Waals surface area contributed by atoms with Gasteiger partial charge >= 0.3 is 0 Å². The number of methoxy groups -OCH3 is 1. The van der Waals surface area contributed by atoms with Gasteiger partial charge in [0.15, 0.2) is 0 Å². The summed E-state index contributed by atoms with van der Waals surface area (Å²) >= 11 is 0. The minimum absolute atomic E-state index is 0.0573. The van der Waals surface area contributed by atoms with Gasteiger partial charge in [0, 0.05) is 6.26 Å². The maximum absolute atomic E-state index is 11.8. The van der Waals surface area contributed by atoms with Crippen molar-refractivity contribution in [3.05, 3.63) is 29.8 Å². The standard InChI is InChI=1S/C16H24O4S/c1-16(17,12-6-4-8-14(10-12)20-2)13-7-5-9-15(11-13)21(3,18)19/h4,6,8,10,13,15,17H,5,7,9,11H2,1-3H3. The summed E-state index contributed by atoms with van der Waals surface area (Å²) in [4.78, 5) is 0. The Kier molecular flexibility index (Phi) is 4.63. The Morgan fingerprint density at radius 1 is 1.33 bits per heavy atom. The number of rotatable bonds is 4. The highest BCUT2D eigenvalue weighted by Crippen LogP contribution is 2.41. The molecule has 5 heteroatoms. The lowest BCUT2D eigenvalue weighted by Gasteiger charge is -2.38. The largest absolute Gasteiger partial charge is 0.497 e. The molecule has 0 aliphatic heterocycles. The Morgan fingerprint density at radius 2 is 2.05 bits per heavy atom. The van der Waals surface area contributed by atoms with E-state index in [9.17, 15) is 13.5 Å². The molecule has 1 aromatic carbocycles. The van der Waals surface area contributed by atoms with Crippen molar-refractivity contribution >= 4 is 9.84 Å². The minimum atomic E-state index is -3.05. The normalized spacial score (nSPS) is 26.1. The summed E-state index contributed by atoms with van der Waals surface area (Å²) in [5.41, 5.74) is -0.265. The van der Waals surface area contributed by atoms with E-state index in [0.717, 1.165) is 18.4 Å². The number of hydrogen-bond donors (Lipinski definition) is 1. The molecule has 3 atom stereocenters. The summed E-state index contributed by atoms with van der Waals surface area (Å²) in [6.07, 6.45) is 4.19. The van der Waals surface area contributed by atoms with Gasteiger partial charge in [-0.15, -0.1) is 0 Å². The second-order valence-electron chi connectivity index (χ2n) is 6.19. The first-order valence-electron chi connectivity index (χ1n) is 7.31. The van der Waals surface area contributed by atoms with E-state index in [1.54, 1.807) is 14.0 Å². The number of sulfone groups is 1. The molecule has 1 aliphatic rings. The average molecular weight is 312 g/mol. The molecule has 4 nitrogen and oxygen atoms in total. The van der Waals surface area contributed by atoms with Crippen LogP contribution in [0.4, 0.5) is 0 Å². The van der Waals surface area contributed by atoms with Crippen LogP contribution in [0, 0.1) is 5.92 Å². The maximum Gasteiger partial charge on any atom is 0.150 e. The third-order valence-corrected chi connectivity index (χ3v) is 6.32. The summed E-state index contributed by atoms with van der Waals surface area (Å²) in [5.74, 6) is 0.640. The third-order valence-electron chi connectivity index (χ3n) is 4.68. The predicted octanol–water partition coefficient (Wildman–Crippen LogP) is 2.51. The van der Waals surface area contributed by atoms with E-state index in [4.69, 9.17) is 4.74 Å². The smallest absolute Gasteiger partial charge is 0.150 e. The molecular formula is C16H24O4S. The first-order valence-corrected chi connectivity index (χ1v) is 9.26. The molecule has 1 aromatic rings. The van der Waals surface area contributed by atoms with E-state index in [1.165, 1.54) is 6.26 Å². The van der Waals surface area contributed by atoms with Crippen LogP contribution in [-0.4, -0.2) is 32.1 Å². The number of hydrogen-bond acceptors (Lipinski definition) is 4. The summed E-state index contributed by atoms with van der Waals surface area (Å²) in [6, 6.07) is 7.37. The lowest BCUT2D eigenvalue weighted by atomic mass is 9.74. The van der Waals surface area contributed by atoms with Crippen LogP contribution in [0.1, 0.15) is 38.2 Å². The Morgan fingerprint density at radius 3 is 2.67 bits per heavy atom. The molecule has 1 fully saturated rings. The lowest BCUT2D eigenvalue weighted by Crippen LogP contribution is -2.38. The molecule has 0 radical (unpaired) electrons. The Labute approximate surface area is 127 Å². The maximum atomic E-state index is 11.8. The highest BCUT2D eigenvalue weighted by molar-refractivity contribution is 7.91. The molecule has 0 spiro atoms. The van der Waals surface area contributed by atoms with Gasteiger partial charge in [-0.2, -0.15) is 0 Å². The van der Waals surface area contributed by atoms with Crippen LogP contribution in [0.2, 0.25) is 0 Å². The molecule has 3 unspecified atom stereocenters. The zero-order valence-corrected chi connectivity index (χ0v) is 13.7. The zero-order valence-electron chi connectivity index (χ0n) is 12.9. The van der Waals surface area contributed by atoms with Crippen LogP contribution in [0.25, 0.3) is 0 Å². The van der Waals surface area contributed by atoms with Crippen LogP contribution in [0.3, 0.4) is 0 Å². The fourth-order valence-corrected chi connectivity index (χ4v) is 4.39. The monoisotopic (exact) mass is 312 g/mol. The first-order chi connectivity index (χ1) is 9.75. The van der Waals surface area contributed by atoms with Crippen molar-refractivity contribution in [2.24, 2.45) is 5.92 Å². The summed E-state index contributed by atoms with van der Waals surface area (Å²) in [5, 5.41) is 10.6. The predicted molar refractivity (Wildman–Crippen MR) is 83.2 cm³/mol. The van der Waals surface area contributed by atoms with Gasteiger partial charge < -0.3 is 9.84 Å². The lowest BCUT2D eigenvalue weighted by molar-refractivity contribution is -0.0209. The van der Waals surface area contributed by atoms with Gasteiger partial charge in [-0.25, -0.2) is 8.42 Å². The highest BCUT2D eigenvalue weighted by Gasteiger charge is 2.39. The molecule has 1 saturated carbocycles. The molecule has 0 aromatic heterocycles. The van der Waals surface area contributed by atoms with E-state index in [0.29, 0.717) is 18.6 Å². The van der Waals surface area contributed by atoms with Gasteiger partial charge in [-0.3, -0.25) is 0 Å². The van der Waals surface area contributed by atoms with Crippen molar-refractivity contribution in [1.82, 2.24) is 0 Å². The van der Waals surface area contributed by atoms with Crippen molar-refractivity contribution in [2.75, 3.05) is 13.4 Å². The van der Waals surface area contributed by atoms with Crippen molar-refractivity contribution in [2.45, 2.75) is 43.5 Å². The van der Waals surface area contributed by atoms with Crippen molar-refractivity contribution < 1.29 is 18.3 Å². The second kappa shape index (κ2) is 5.97. The van der Waals surface area contributed by atoms with Crippen LogP contribution >= 0.6 is 0 Å². The summed E-state index contributed by atoms with van der Waals surface area (Å²) < 4.78 is 28.8. The average Bonchev–Trinajstić information content (AvgIpc) is 2.46. The molecule has 1 aliphatic carbocycles. The summed E-state index contributed by atoms with van der Waals surface area (Å²) in [7, 11) is -1.46. The SMILES string of the molecule is COc1cccc(C(C)(O)C2CCCC(S(C)(=O)=O)C2)c1.